The number of carbonyl (C=O) groups is 2. The van der Waals surface area contributed by atoms with E-state index in [1.54, 1.807) is 0 Å². The maximum absolute atomic E-state index is 11.7. The molecule has 11 nitrogen and oxygen atoms in total. The summed E-state index contributed by atoms with van der Waals surface area (Å²) in [7, 11) is 0. The van der Waals surface area contributed by atoms with Crippen LogP contribution in [0.15, 0.2) is 6.33 Å². The maximum Gasteiger partial charge on any atom is 0.322 e. The monoisotopic (exact) mass is 316 g/mol. The van der Waals surface area contributed by atoms with Gasteiger partial charge in [-0.25, -0.2) is 4.98 Å². The van der Waals surface area contributed by atoms with Gasteiger partial charge in [0.2, 0.25) is 0 Å². The van der Waals surface area contributed by atoms with Crippen LogP contribution < -0.4 is 11.1 Å². The zero-order chi connectivity index (χ0) is 16.4. The summed E-state index contributed by atoms with van der Waals surface area (Å²) in [6.07, 6.45) is -3.69. The molecule has 1 aliphatic rings. The van der Waals surface area contributed by atoms with E-state index >= 15 is 0 Å². The molecule has 1 fully saturated rings. The number of carboxylic acids is 1. The third-order valence-corrected chi connectivity index (χ3v) is 3.24. The Balaban J connectivity index is 2.17. The van der Waals surface area contributed by atoms with Crippen LogP contribution in [0.3, 0.4) is 0 Å². The number of hydrogen-bond acceptors (Lipinski definition) is 8. The van der Waals surface area contributed by atoms with Crippen LogP contribution in [0.2, 0.25) is 0 Å². The molecule has 0 saturated carbocycles. The number of carbonyl (C=O) groups excluding carboxylic acids is 1. The predicted octanol–water partition coefficient (Wildman–Crippen LogP) is -3.11. The first-order valence-corrected chi connectivity index (χ1v) is 6.31. The first-order valence-electron chi connectivity index (χ1n) is 6.31. The molecule has 2 rings (SSSR count). The number of nitrogens with zero attached hydrogens (tertiary/aromatic N) is 2. The van der Waals surface area contributed by atoms with E-state index in [0.717, 1.165) is 10.9 Å². The van der Waals surface area contributed by atoms with Gasteiger partial charge in [-0.05, 0) is 0 Å². The van der Waals surface area contributed by atoms with Crippen molar-refractivity contribution in [2.45, 2.75) is 24.5 Å². The van der Waals surface area contributed by atoms with Crippen molar-refractivity contribution in [2.24, 2.45) is 0 Å². The molecule has 0 aromatic carbocycles. The minimum Gasteiger partial charge on any atom is -0.480 e. The number of nitrogens with two attached hydrogens (primary N) is 1. The van der Waals surface area contributed by atoms with E-state index in [2.05, 4.69) is 10.3 Å². The van der Waals surface area contributed by atoms with E-state index in [-0.39, 0.29) is 11.5 Å². The minimum absolute atomic E-state index is 0.169. The summed E-state index contributed by atoms with van der Waals surface area (Å²) < 4.78 is 6.38. The third kappa shape index (κ3) is 2.87. The fraction of sp³-hybridized carbons (Fsp3) is 0.545. The summed E-state index contributed by atoms with van der Waals surface area (Å²) in [5, 5.41) is 39.2. The average Bonchev–Trinajstić information content (AvgIpc) is 2.98. The molecule has 0 bridgehead atoms. The summed E-state index contributed by atoms with van der Waals surface area (Å²) in [4.78, 5) is 25.9. The van der Waals surface area contributed by atoms with Gasteiger partial charge in [-0.2, -0.15) is 0 Å². The van der Waals surface area contributed by atoms with Crippen molar-refractivity contribution in [1.29, 1.82) is 0 Å². The van der Waals surface area contributed by atoms with Gasteiger partial charge in [0.1, 0.15) is 30.7 Å². The Morgan fingerprint density at radius 2 is 2.09 bits per heavy atom. The molecule has 1 aromatic rings. The van der Waals surface area contributed by atoms with Crippen LogP contribution >= 0.6 is 0 Å². The summed E-state index contributed by atoms with van der Waals surface area (Å²) >= 11 is 0. The van der Waals surface area contributed by atoms with Crippen LogP contribution in [0.4, 0.5) is 5.82 Å². The zero-order valence-electron chi connectivity index (χ0n) is 11.3. The largest absolute Gasteiger partial charge is 0.480 e. The molecule has 0 spiro atoms. The van der Waals surface area contributed by atoms with Crippen molar-refractivity contribution in [2.75, 3.05) is 18.9 Å². The molecule has 1 aliphatic heterocycles. The third-order valence-electron chi connectivity index (χ3n) is 3.24. The molecule has 7 N–H and O–H groups in total. The SMILES string of the molecule is Nc1c(C(=O)NCC(=O)O)ncn1C1OC(CO)C(O)C1O. The molecule has 4 unspecified atom stereocenters. The van der Waals surface area contributed by atoms with E-state index < -0.39 is 49.6 Å². The van der Waals surface area contributed by atoms with Gasteiger partial charge in [0.05, 0.1) is 12.9 Å². The second kappa shape index (κ2) is 6.27. The molecule has 2 heterocycles. The Morgan fingerprint density at radius 1 is 1.41 bits per heavy atom. The number of ether oxygens (including phenoxy) is 1. The molecular formula is C11H16N4O7. The molecular weight excluding hydrogens is 300 g/mol. The molecule has 1 amide bonds. The zero-order valence-corrected chi connectivity index (χ0v) is 11.3. The van der Waals surface area contributed by atoms with E-state index in [0.29, 0.717) is 0 Å². The van der Waals surface area contributed by atoms with Gasteiger partial charge < -0.3 is 36.2 Å². The topological polar surface area (TPSA) is 180 Å². The quantitative estimate of drug-likeness (QED) is 0.327. The van der Waals surface area contributed by atoms with E-state index in [4.69, 9.17) is 20.7 Å². The van der Waals surface area contributed by atoms with Gasteiger partial charge in [-0.1, -0.05) is 0 Å². The predicted molar refractivity (Wildman–Crippen MR) is 69.6 cm³/mol. The number of aliphatic hydroxyl groups is 3. The Labute approximate surface area is 123 Å². The van der Waals surface area contributed by atoms with Crippen molar-refractivity contribution < 1.29 is 34.8 Å². The van der Waals surface area contributed by atoms with Crippen molar-refractivity contribution in [1.82, 2.24) is 14.9 Å². The van der Waals surface area contributed by atoms with Crippen molar-refractivity contribution in [3.05, 3.63) is 12.0 Å². The van der Waals surface area contributed by atoms with Gasteiger partial charge in [0.25, 0.3) is 5.91 Å². The molecule has 4 atom stereocenters. The molecule has 1 saturated heterocycles. The lowest BCUT2D eigenvalue weighted by Gasteiger charge is -2.17. The van der Waals surface area contributed by atoms with Gasteiger partial charge in [-0.15, -0.1) is 0 Å². The normalized spacial score (nSPS) is 27.8. The molecule has 122 valence electrons. The number of aliphatic hydroxyl groups excluding tert-OH is 3. The van der Waals surface area contributed by atoms with E-state index in [1.807, 2.05) is 0 Å². The number of carboxylic acid groups (broad SMARTS) is 1. The first kappa shape index (κ1) is 16.2. The average molecular weight is 316 g/mol. The number of nitrogens with one attached hydrogen (secondary N) is 1. The summed E-state index contributed by atoms with van der Waals surface area (Å²) in [6, 6.07) is 0. The van der Waals surface area contributed by atoms with Crippen molar-refractivity contribution in [3.63, 3.8) is 0 Å². The van der Waals surface area contributed by atoms with Crippen molar-refractivity contribution in [3.8, 4) is 0 Å². The van der Waals surface area contributed by atoms with Crippen molar-refractivity contribution >= 4 is 17.7 Å². The summed E-state index contributed by atoms with van der Waals surface area (Å²) in [5.41, 5.74) is 5.50. The van der Waals surface area contributed by atoms with Crippen LogP contribution in [0.5, 0.6) is 0 Å². The van der Waals surface area contributed by atoms with Crippen LogP contribution in [-0.4, -0.2) is 73.3 Å². The number of nitrogen functional groups attached to an aromatic ring is 1. The molecule has 0 aliphatic carbocycles. The van der Waals surface area contributed by atoms with Gasteiger partial charge >= 0.3 is 5.97 Å². The Morgan fingerprint density at radius 3 is 2.64 bits per heavy atom. The number of aromatic nitrogens is 2. The van der Waals surface area contributed by atoms with E-state index in [9.17, 15) is 19.8 Å². The van der Waals surface area contributed by atoms with Crippen LogP contribution in [0.1, 0.15) is 16.7 Å². The second-order valence-electron chi connectivity index (χ2n) is 4.69. The number of hydrogen-bond donors (Lipinski definition) is 6. The number of anilines is 1. The van der Waals surface area contributed by atoms with Gasteiger partial charge in [0, 0.05) is 0 Å². The lowest BCUT2D eigenvalue weighted by molar-refractivity contribution is -0.135. The number of amides is 1. The maximum atomic E-state index is 11.7. The highest BCUT2D eigenvalue weighted by atomic mass is 16.6. The smallest absolute Gasteiger partial charge is 0.322 e. The van der Waals surface area contributed by atoms with Gasteiger partial charge in [0.15, 0.2) is 11.9 Å². The van der Waals surface area contributed by atoms with Crippen LogP contribution in [0.25, 0.3) is 0 Å². The standard InChI is InChI=1S/C11H16N4O7/c12-9-6(10(21)13-1-5(17)18)14-3-15(9)11-8(20)7(19)4(2-16)22-11/h3-4,7-8,11,16,19-20H,1-2,12H2,(H,13,21)(H,17,18). The summed E-state index contributed by atoms with van der Waals surface area (Å²) in [5.74, 6) is -2.20. The van der Waals surface area contributed by atoms with Crippen LogP contribution in [-0.2, 0) is 9.53 Å². The van der Waals surface area contributed by atoms with E-state index in [1.165, 1.54) is 0 Å². The highest BCUT2D eigenvalue weighted by Gasteiger charge is 2.44. The molecule has 1 aromatic heterocycles. The first-order chi connectivity index (χ1) is 10.4. The number of imidazole rings is 1. The Bertz CT molecular complexity index is 575. The molecule has 22 heavy (non-hydrogen) atoms. The fourth-order valence-electron chi connectivity index (χ4n) is 2.10. The highest BCUT2D eigenvalue weighted by Crippen LogP contribution is 2.31. The fourth-order valence-corrected chi connectivity index (χ4v) is 2.10. The highest BCUT2D eigenvalue weighted by molar-refractivity contribution is 5.97. The Hall–Kier alpha value is -2.21. The van der Waals surface area contributed by atoms with Gasteiger partial charge in [-0.3, -0.25) is 14.2 Å². The Kier molecular flexibility index (Phi) is 4.61. The molecule has 11 heteroatoms. The number of aliphatic carboxylic acids is 1. The lowest BCUT2D eigenvalue weighted by Crippen LogP contribution is -2.33. The lowest BCUT2D eigenvalue weighted by atomic mass is 10.1. The second-order valence-corrected chi connectivity index (χ2v) is 4.69. The van der Waals surface area contributed by atoms with Crippen LogP contribution in [0, 0.1) is 0 Å². The molecule has 0 radical (unpaired) electrons. The summed E-state index contributed by atoms with van der Waals surface area (Å²) in [6.45, 7) is -1.10. The number of rotatable bonds is 5. The minimum atomic E-state index is -1.37.